The van der Waals surface area contributed by atoms with Crippen molar-refractivity contribution in [2.75, 3.05) is 0 Å². The monoisotopic (exact) mass is 339 g/mol. The molecule has 3 aromatic rings. The fourth-order valence-corrected chi connectivity index (χ4v) is 3.10. The second-order valence-electron chi connectivity index (χ2n) is 4.88. The van der Waals surface area contributed by atoms with Crippen LogP contribution in [0.3, 0.4) is 0 Å². The van der Waals surface area contributed by atoms with Crippen LogP contribution >= 0.6 is 34.8 Å². The third kappa shape index (κ3) is 2.65. The van der Waals surface area contributed by atoms with E-state index in [9.17, 15) is 0 Å². The third-order valence-electron chi connectivity index (χ3n) is 3.52. The number of rotatable bonds is 2. The molecular formula is C16H12Cl3NO. The van der Waals surface area contributed by atoms with Gasteiger partial charge >= 0.3 is 0 Å². The molecule has 0 aliphatic carbocycles. The minimum absolute atomic E-state index is 0.457. The minimum atomic E-state index is -0.457. The molecule has 2 N–H and O–H groups in total. The number of furan rings is 1. The molecule has 21 heavy (non-hydrogen) atoms. The maximum atomic E-state index is 6.32. The molecule has 108 valence electrons. The average molecular weight is 341 g/mol. The zero-order valence-corrected chi connectivity index (χ0v) is 13.4. The normalized spacial score (nSPS) is 12.8. The highest BCUT2D eigenvalue weighted by atomic mass is 35.5. The largest absolute Gasteiger partial charge is 0.459 e. The summed E-state index contributed by atoms with van der Waals surface area (Å²) in [6, 6.07) is 10.3. The van der Waals surface area contributed by atoms with Gasteiger partial charge in [0.1, 0.15) is 11.3 Å². The van der Waals surface area contributed by atoms with Gasteiger partial charge < -0.3 is 10.2 Å². The second kappa shape index (κ2) is 5.54. The summed E-state index contributed by atoms with van der Waals surface area (Å²) in [7, 11) is 0. The van der Waals surface area contributed by atoms with Crippen molar-refractivity contribution in [3.63, 3.8) is 0 Å². The van der Waals surface area contributed by atoms with Crippen LogP contribution in [0.2, 0.25) is 15.1 Å². The van der Waals surface area contributed by atoms with Crippen molar-refractivity contribution >= 4 is 45.8 Å². The molecule has 0 radical (unpaired) electrons. The maximum absolute atomic E-state index is 6.32. The van der Waals surface area contributed by atoms with E-state index in [1.807, 2.05) is 25.1 Å². The Balaban J connectivity index is 2.13. The lowest BCUT2D eigenvalue weighted by Gasteiger charge is -2.12. The lowest BCUT2D eigenvalue weighted by Crippen LogP contribution is -2.12. The van der Waals surface area contributed by atoms with Crippen LogP contribution in [0.25, 0.3) is 11.0 Å². The van der Waals surface area contributed by atoms with Crippen LogP contribution in [0, 0.1) is 6.92 Å². The van der Waals surface area contributed by atoms with Crippen LogP contribution in [-0.2, 0) is 0 Å². The van der Waals surface area contributed by atoms with Crippen molar-refractivity contribution in [2.45, 2.75) is 13.0 Å². The molecule has 0 bridgehead atoms. The Hall–Kier alpha value is -1.19. The number of halogens is 3. The first-order chi connectivity index (χ1) is 9.97. The molecule has 1 unspecified atom stereocenters. The summed E-state index contributed by atoms with van der Waals surface area (Å²) in [5, 5.41) is 2.71. The van der Waals surface area contributed by atoms with E-state index in [-0.39, 0.29) is 0 Å². The Morgan fingerprint density at radius 1 is 1.00 bits per heavy atom. The highest BCUT2D eigenvalue weighted by Crippen LogP contribution is 2.35. The molecule has 0 aliphatic heterocycles. The Morgan fingerprint density at radius 2 is 1.67 bits per heavy atom. The molecule has 1 atom stereocenters. The fourth-order valence-electron chi connectivity index (χ4n) is 2.40. The lowest BCUT2D eigenvalue weighted by molar-refractivity contribution is 0.521. The Bertz CT molecular complexity index is 826. The molecule has 2 nitrogen and oxygen atoms in total. The molecule has 0 aliphatic rings. The van der Waals surface area contributed by atoms with Crippen molar-refractivity contribution in [3.05, 3.63) is 68.4 Å². The van der Waals surface area contributed by atoms with E-state index in [4.69, 9.17) is 45.0 Å². The molecule has 3 rings (SSSR count). The van der Waals surface area contributed by atoms with Crippen LogP contribution in [0.4, 0.5) is 0 Å². The highest BCUT2D eigenvalue weighted by Gasteiger charge is 2.21. The molecule has 0 saturated carbocycles. The SMILES string of the molecule is Cc1c(C(N)c2ccc(Cl)cc2Cl)oc2ccc(Cl)cc12. The predicted molar refractivity (Wildman–Crippen MR) is 88.5 cm³/mol. The molecule has 0 amide bonds. The van der Waals surface area contributed by atoms with Crippen molar-refractivity contribution in [1.29, 1.82) is 0 Å². The molecule has 2 aromatic carbocycles. The Labute approximate surface area is 137 Å². The van der Waals surface area contributed by atoms with Gasteiger partial charge in [0.25, 0.3) is 0 Å². The van der Waals surface area contributed by atoms with Gasteiger partial charge in [-0.15, -0.1) is 0 Å². The molecule has 0 fully saturated rings. The minimum Gasteiger partial charge on any atom is -0.459 e. The summed E-state index contributed by atoms with van der Waals surface area (Å²) < 4.78 is 5.88. The fraction of sp³-hybridized carbons (Fsp3) is 0.125. The zero-order chi connectivity index (χ0) is 15.1. The van der Waals surface area contributed by atoms with E-state index >= 15 is 0 Å². The lowest BCUT2D eigenvalue weighted by atomic mass is 10.0. The first-order valence-electron chi connectivity index (χ1n) is 6.36. The number of hydrogen-bond donors (Lipinski definition) is 1. The number of nitrogens with two attached hydrogens (primary N) is 1. The zero-order valence-electron chi connectivity index (χ0n) is 11.2. The first kappa shape index (κ1) is 14.7. The summed E-state index contributed by atoms with van der Waals surface area (Å²) in [6.45, 7) is 1.96. The van der Waals surface area contributed by atoms with Gasteiger partial charge in [-0.05, 0) is 42.8 Å². The van der Waals surface area contributed by atoms with E-state index in [1.54, 1.807) is 18.2 Å². The van der Waals surface area contributed by atoms with Crippen LogP contribution in [-0.4, -0.2) is 0 Å². The molecule has 1 heterocycles. The predicted octanol–water partition coefficient (Wildman–Crippen LogP) is 5.75. The van der Waals surface area contributed by atoms with Crippen LogP contribution < -0.4 is 5.73 Å². The topological polar surface area (TPSA) is 39.2 Å². The van der Waals surface area contributed by atoms with Crippen molar-refractivity contribution < 1.29 is 4.42 Å². The molecule has 1 aromatic heterocycles. The van der Waals surface area contributed by atoms with Gasteiger partial charge in [0.2, 0.25) is 0 Å². The van der Waals surface area contributed by atoms with E-state index < -0.39 is 6.04 Å². The number of fused-ring (bicyclic) bond motifs is 1. The molecule has 5 heteroatoms. The molecule has 0 spiro atoms. The molecular weight excluding hydrogens is 329 g/mol. The van der Waals surface area contributed by atoms with Gasteiger partial charge in [0.15, 0.2) is 0 Å². The number of benzene rings is 2. The van der Waals surface area contributed by atoms with Crippen molar-refractivity contribution in [2.24, 2.45) is 5.73 Å². The summed E-state index contributed by atoms with van der Waals surface area (Å²) >= 11 is 18.2. The summed E-state index contributed by atoms with van der Waals surface area (Å²) in [6.07, 6.45) is 0. The first-order valence-corrected chi connectivity index (χ1v) is 7.50. The summed E-state index contributed by atoms with van der Waals surface area (Å²) in [5.41, 5.74) is 8.81. The Kier molecular flexibility index (Phi) is 3.89. The van der Waals surface area contributed by atoms with Gasteiger partial charge in [0.05, 0.1) is 6.04 Å². The van der Waals surface area contributed by atoms with Gasteiger partial charge in [-0.1, -0.05) is 40.9 Å². The van der Waals surface area contributed by atoms with Crippen molar-refractivity contribution in [3.8, 4) is 0 Å². The van der Waals surface area contributed by atoms with Crippen LogP contribution in [0.15, 0.2) is 40.8 Å². The number of hydrogen-bond acceptors (Lipinski definition) is 2. The van der Waals surface area contributed by atoms with Crippen LogP contribution in [0.5, 0.6) is 0 Å². The smallest absolute Gasteiger partial charge is 0.134 e. The number of aryl methyl sites for hydroxylation is 1. The Morgan fingerprint density at radius 3 is 2.38 bits per heavy atom. The summed E-state index contributed by atoms with van der Waals surface area (Å²) in [5.74, 6) is 0.677. The maximum Gasteiger partial charge on any atom is 0.134 e. The second-order valence-corrected chi connectivity index (χ2v) is 6.16. The standard InChI is InChI=1S/C16H12Cl3NO/c1-8-12-6-9(17)3-5-14(12)21-16(8)15(20)11-4-2-10(18)7-13(11)19/h2-7,15H,20H2,1H3. The highest BCUT2D eigenvalue weighted by molar-refractivity contribution is 6.35. The van der Waals surface area contributed by atoms with Gasteiger partial charge in [-0.25, -0.2) is 0 Å². The van der Waals surface area contributed by atoms with E-state index in [2.05, 4.69) is 0 Å². The van der Waals surface area contributed by atoms with Gasteiger partial charge in [-0.2, -0.15) is 0 Å². The van der Waals surface area contributed by atoms with E-state index in [1.165, 1.54) is 0 Å². The van der Waals surface area contributed by atoms with E-state index in [0.29, 0.717) is 20.8 Å². The average Bonchev–Trinajstić information content (AvgIpc) is 2.75. The summed E-state index contributed by atoms with van der Waals surface area (Å²) in [4.78, 5) is 0. The quantitative estimate of drug-likeness (QED) is 0.645. The van der Waals surface area contributed by atoms with Crippen LogP contribution in [0.1, 0.15) is 22.9 Å². The third-order valence-corrected chi connectivity index (χ3v) is 4.31. The van der Waals surface area contributed by atoms with E-state index in [0.717, 1.165) is 22.1 Å². The van der Waals surface area contributed by atoms with Gasteiger partial charge in [-0.3, -0.25) is 0 Å². The molecule has 0 saturated heterocycles. The van der Waals surface area contributed by atoms with Gasteiger partial charge in [0, 0.05) is 26.0 Å². The van der Waals surface area contributed by atoms with Crippen molar-refractivity contribution in [1.82, 2.24) is 0 Å².